The van der Waals surface area contributed by atoms with E-state index in [9.17, 15) is 4.79 Å². The number of hydrogen-bond donors (Lipinski definition) is 1. The van der Waals surface area contributed by atoms with E-state index in [4.69, 9.17) is 5.11 Å². The minimum atomic E-state index is -1.02. The predicted octanol–water partition coefficient (Wildman–Crippen LogP) is 1.56. The summed E-state index contributed by atoms with van der Waals surface area (Å²) in [7, 11) is 0. The predicted molar refractivity (Wildman–Crippen MR) is 64.2 cm³/mol. The van der Waals surface area contributed by atoms with Crippen LogP contribution in [-0.2, 0) is 0 Å². The Morgan fingerprint density at radius 1 is 1.44 bits per heavy atom. The molecule has 16 heavy (non-hydrogen) atoms. The molecular formula is C10H9LiN2O2S. The first-order valence-corrected chi connectivity index (χ1v) is 5.17. The number of aromatic carboxylic acids is 1. The van der Waals surface area contributed by atoms with E-state index in [1.165, 1.54) is 11.3 Å². The molecule has 0 saturated heterocycles. The molecule has 0 spiro atoms. The molecule has 2 rings (SSSR count). The van der Waals surface area contributed by atoms with Gasteiger partial charge >= 0.3 is 24.8 Å². The molecule has 0 aliphatic rings. The quantitative estimate of drug-likeness (QED) is 0.792. The standard InChI is InChI=1S/C10H8N2O2S.Li.H/c1-6-2-3-7(8(12-6)10(13)14)9-11-4-5-15-9;;/h2-5H,1H3,(H,13,14);;. The molecule has 0 bridgehead atoms. The molecule has 78 valence electrons. The van der Waals surface area contributed by atoms with Crippen LogP contribution in [0.25, 0.3) is 10.6 Å². The van der Waals surface area contributed by atoms with Gasteiger partial charge in [0.2, 0.25) is 0 Å². The van der Waals surface area contributed by atoms with E-state index in [2.05, 4.69) is 9.97 Å². The average molecular weight is 228 g/mol. The van der Waals surface area contributed by atoms with E-state index in [0.29, 0.717) is 16.3 Å². The third-order valence-corrected chi connectivity index (χ3v) is 2.71. The van der Waals surface area contributed by atoms with E-state index in [1.807, 2.05) is 0 Å². The van der Waals surface area contributed by atoms with Crippen molar-refractivity contribution in [2.24, 2.45) is 0 Å². The first-order valence-electron chi connectivity index (χ1n) is 4.29. The summed E-state index contributed by atoms with van der Waals surface area (Å²) in [6.07, 6.45) is 1.64. The van der Waals surface area contributed by atoms with E-state index in [-0.39, 0.29) is 24.6 Å². The van der Waals surface area contributed by atoms with E-state index >= 15 is 0 Å². The van der Waals surface area contributed by atoms with Gasteiger partial charge in [0.15, 0.2) is 5.69 Å². The van der Waals surface area contributed by atoms with Crippen molar-refractivity contribution >= 4 is 36.2 Å². The second-order valence-corrected chi connectivity index (χ2v) is 3.89. The summed E-state index contributed by atoms with van der Waals surface area (Å²) in [5.41, 5.74) is 1.32. The third-order valence-electron chi connectivity index (χ3n) is 1.90. The summed E-state index contributed by atoms with van der Waals surface area (Å²) >= 11 is 1.40. The zero-order chi connectivity index (χ0) is 10.8. The van der Waals surface area contributed by atoms with Gasteiger partial charge in [-0.05, 0) is 19.1 Å². The number of carboxylic acid groups (broad SMARTS) is 1. The SMILES string of the molecule is Cc1ccc(-c2nccs2)c(C(=O)O)n1.[LiH]. The molecule has 0 atom stereocenters. The Morgan fingerprint density at radius 2 is 2.19 bits per heavy atom. The number of carbonyl (C=O) groups is 1. The van der Waals surface area contributed by atoms with Crippen LogP contribution in [0.1, 0.15) is 16.2 Å². The molecular weight excluding hydrogens is 219 g/mol. The maximum absolute atomic E-state index is 11.0. The number of nitrogens with zero attached hydrogens (tertiary/aromatic N) is 2. The van der Waals surface area contributed by atoms with Gasteiger partial charge < -0.3 is 5.11 Å². The van der Waals surface area contributed by atoms with Gasteiger partial charge in [-0.1, -0.05) is 0 Å². The molecule has 0 fully saturated rings. The van der Waals surface area contributed by atoms with Crippen LogP contribution in [0.15, 0.2) is 23.7 Å². The van der Waals surface area contributed by atoms with Crippen molar-refractivity contribution in [1.82, 2.24) is 9.97 Å². The summed E-state index contributed by atoms with van der Waals surface area (Å²) < 4.78 is 0. The zero-order valence-corrected chi connectivity index (χ0v) is 8.78. The number of pyridine rings is 1. The van der Waals surface area contributed by atoms with Crippen LogP contribution in [-0.4, -0.2) is 39.9 Å². The number of aromatic nitrogens is 2. The molecule has 2 aromatic rings. The molecule has 0 radical (unpaired) electrons. The first kappa shape index (κ1) is 12.9. The zero-order valence-electron chi connectivity index (χ0n) is 7.97. The summed E-state index contributed by atoms with van der Waals surface area (Å²) in [6.45, 7) is 1.76. The number of aryl methyl sites for hydroxylation is 1. The van der Waals surface area contributed by atoms with Gasteiger partial charge in [0.05, 0.1) is 0 Å². The van der Waals surface area contributed by atoms with Crippen molar-refractivity contribution in [3.05, 3.63) is 35.1 Å². The molecule has 6 heteroatoms. The Bertz CT molecular complexity index is 500. The Balaban J connectivity index is 0.00000128. The Morgan fingerprint density at radius 3 is 2.75 bits per heavy atom. The molecule has 0 aliphatic carbocycles. The minimum absolute atomic E-state index is 0. The Kier molecular flexibility index (Phi) is 4.24. The second kappa shape index (κ2) is 5.26. The number of carboxylic acids is 1. The Hall–Kier alpha value is -1.15. The fraction of sp³-hybridized carbons (Fsp3) is 0.100. The van der Waals surface area contributed by atoms with Gasteiger partial charge in [-0.15, -0.1) is 11.3 Å². The second-order valence-electron chi connectivity index (χ2n) is 2.99. The molecule has 0 unspecified atom stereocenters. The summed E-state index contributed by atoms with van der Waals surface area (Å²) in [5, 5.41) is 11.5. The molecule has 0 aromatic carbocycles. The van der Waals surface area contributed by atoms with Crippen molar-refractivity contribution < 1.29 is 9.90 Å². The molecule has 0 saturated carbocycles. The van der Waals surface area contributed by atoms with Crippen LogP contribution in [0.2, 0.25) is 0 Å². The number of rotatable bonds is 2. The fourth-order valence-corrected chi connectivity index (χ4v) is 1.91. The van der Waals surface area contributed by atoms with Crippen LogP contribution in [0.4, 0.5) is 0 Å². The summed E-state index contributed by atoms with van der Waals surface area (Å²) in [4.78, 5) is 19.1. The molecule has 2 heterocycles. The topological polar surface area (TPSA) is 63.1 Å². The van der Waals surface area contributed by atoms with Gasteiger partial charge in [-0.2, -0.15) is 0 Å². The monoisotopic (exact) mass is 228 g/mol. The molecule has 2 aromatic heterocycles. The average Bonchev–Trinajstić information content (AvgIpc) is 2.70. The van der Waals surface area contributed by atoms with E-state index in [0.717, 1.165) is 0 Å². The summed E-state index contributed by atoms with van der Waals surface area (Å²) in [6, 6.07) is 3.52. The molecule has 0 amide bonds. The normalized spacial score (nSPS) is 9.56. The van der Waals surface area contributed by atoms with Gasteiger partial charge in [0.1, 0.15) is 5.01 Å². The van der Waals surface area contributed by atoms with Crippen LogP contribution < -0.4 is 0 Å². The number of thiazole rings is 1. The van der Waals surface area contributed by atoms with Crippen molar-refractivity contribution in [2.75, 3.05) is 0 Å². The van der Waals surface area contributed by atoms with E-state index in [1.54, 1.807) is 30.6 Å². The maximum atomic E-state index is 11.0. The van der Waals surface area contributed by atoms with Crippen molar-refractivity contribution in [3.8, 4) is 10.6 Å². The van der Waals surface area contributed by atoms with Crippen LogP contribution >= 0.6 is 11.3 Å². The molecule has 1 N–H and O–H groups in total. The van der Waals surface area contributed by atoms with E-state index < -0.39 is 5.97 Å². The van der Waals surface area contributed by atoms with Crippen LogP contribution in [0.3, 0.4) is 0 Å². The number of hydrogen-bond acceptors (Lipinski definition) is 4. The third kappa shape index (κ3) is 2.50. The fourth-order valence-electron chi connectivity index (χ4n) is 1.25. The van der Waals surface area contributed by atoms with Crippen molar-refractivity contribution in [1.29, 1.82) is 0 Å². The van der Waals surface area contributed by atoms with Gasteiger partial charge in [0.25, 0.3) is 0 Å². The van der Waals surface area contributed by atoms with Crippen LogP contribution in [0, 0.1) is 6.92 Å². The summed E-state index contributed by atoms with van der Waals surface area (Å²) in [5.74, 6) is -1.02. The Labute approximate surface area is 109 Å². The van der Waals surface area contributed by atoms with Crippen molar-refractivity contribution in [3.63, 3.8) is 0 Å². The molecule has 0 aliphatic heterocycles. The van der Waals surface area contributed by atoms with Gasteiger partial charge in [0, 0.05) is 22.8 Å². The molecule has 4 nitrogen and oxygen atoms in total. The first-order chi connectivity index (χ1) is 7.18. The van der Waals surface area contributed by atoms with Crippen LogP contribution in [0.5, 0.6) is 0 Å². The van der Waals surface area contributed by atoms with Gasteiger partial charge in [-0.25, -0.2) is 14.8 Å². The van der Waals surface area contributed by atoms with Crippen molar-refractivity contribution in [2.45, 2.75) is 6.92 Å². The van der Waals surface area contributed by atoms with Gasteiger partial charge in [-0.3, -0.25) is 0 Å².